The van der Waals surface area contributed by atoms with Crippen LogP contribution in [0.4, 0.5) is 0 Å². The molecule has 1 aromatic heterocycles. The summed E-state index contributed by atoms with van der Waals surface area (Å²) in [5, 5.41) is 2.83. The van der Waals surface area contributed by atoms with Crippen LogP contribution < -0.4 is 5.32 Å². The Bertz CT molecular complexity index is 1010. The van der Waals surface area contributed by atoms with E-state index >= 15 is 0 Å². The van der Waals surface area contributed by atoms with Crippen LogP contribution in [0.25, 0.3) is 0 Å². The topological polar surface area (TPSA) is 97.7 Å². The Hall–Kier alpha value is -2.65. The number of amides is 1. The molecule has 0 saturated carbocycles. The summed E-state index contributed by atoms with van der Waals surface area (Å²) in [7, 11) is -1.12. The van der Waals surface area contributed by atoms with Crippen LogP contribution in [0, 0.1) is 6.92 Å². The SMILES string of the molecule is COC(=O)c1cc(S(=O)(=O)N2CCC[C@@H]2C(=O)NCc2ccc(C)cc2)cn1C. The van der Waals surface area contributed by atoms with Crippen molar-refractivity contribution in [1.82, 2.24) is 14.2 Å². The fourth-order valence-corrected chi connectivity index (χ4v) is 5.15. The van der Waals surface area contributed by atoms with E-state index in [2.05, 4.69) is 10.1 Å². The predicted molar refractivity (Wildman–Crippen MR) is 107 cm³/mol. The summed E-state index contributed by atoms with van der Waals surface area (Å²) in [5.74, 6) is -0.946. The molecular formula is C20H25N3O5S. The van der Waals surface area contributed by atoms with E-state index in [0.717, 1.165) is 11.1 Å². The summed E-state index contributed by atoms with van der Waals surface area (Å²) in [6.45, 7) is 2.58. The molecule has 1 fully saturated rings. The molecular weight excluding hydrogens is 394 g/mol. The second kappa shape index (κ2) is 8.38. The van der Waals surface area contributed by atoms with Gasteiger partial charge in [0.1, 0.15) is 16.6 Å². The number of nitrogens with zero attached hydrogens (tertiary/aromatic N) is 2. The van der Waals surface area contributed by atoms with Crippen molar-refractivity contribution in [1.29, 1.82) is 0 Å². The minimum atomic E-state index is -3.92. The zero-order valence-corrected chi connectivity index (χ0v) is 17.5. The van der Waals surface area contributed by atoms with Crippen LogP contribution in [-0.4, -0.2) is 48.9 Å². The molecule has 1 N–H and O–H groups in total. The van der Waals surface area contributed by atoms with Crippen molar-refractivity contribution in [3.63, 3.8) is 0 Å². The smallest absolute Gasteiger partial charge is 0.354 e. The molecule has 1 atom stereocenters. The number of hydrogen-bond acceptors (Lipinski definition) is 5. The zero-order valence-electron chi connectivity index (χ0n) is 16.7. The van der Waals surface area contributed by atoms with E-state index in [0.29, 0.717) is 19.4 Å². The lowest BCUT2D eigenvalue weighted by Crippen LogP contribution is -2.45. The second-order valence-electron chi connectivity index (χ2n) is 7.14. The molecule has 1 aromatic carbocycles. The van der Waals surface area contributed by atoms with Crippen LogP contribution in [0.3, 0.4) is 0 Å². The second-order valence-corrected chi connectivity index (χ2v) is 9.03. The summed E-state index contributed by atoms with van der Waals surface area (Å²) < 4.78 is 33.5. The van der Waals surface area contributed by atoms with Crippen molar-refractivity contribution < 1.29 is 22.7 Å². The van der Waals surface area contributed by atoms with Gasteiger partial charge in [-0.05, 0) is 31.4 Å². The molecule has 8 nitrogen and oxygen atoms in total. The summed E-state index contributed by atoms with van der Waals surface area (Å²) in [6, 6.07) is 8.28. The molecule has 1 amide bonds. The van der Waals surface area contributed by atoms with E-state index in [9.17, 15) is 18.0 Å². The lowest BCUT2D eigenvalue weighted by molar-refractivity contribution is -0.124. The molecule has 0 spiro atoms. The van der Waals surface area contributed by atoms with E-state index in [1.165, 1.54) is 28.2 Å². The molecule has 0 unspecified atom stereocenters. The minimum absolute atomic E-state index is 0.0290. The van der Waals surface area contributed by atoms with E-state index in [1.807, 2.05) is 31.2 Å². The van der Waals surface area contributed by atoms with E-state index in [1.54, 1.807) is 7.05 Å². The van der Waals surface area contributed by atoms with Crippen LogP contribution in [-0.2, 0) is 33.1 Å². The highest BCUT2D eigenvalue weighted by Crippen LogP contribution is 2.27. The highest BCUT2D eigenvalue weighted by atomic mass is 32.2. The number of benzene rings is 1. The number of esters is 1. The number of aromatic nitrogens is 1. The zero-order chi connectivity index (χ0) is 21.2. The maximum absolute atomic E-state index is 13.1. The molecule has 1 aliphatic heterocycles. The first-order chi connectivity index (χ1) is 13.7. The standard InChI is InChI=1S/C20H25N3O5S/c1-14-6-8-15(9-7-14)12-21-19(24)17-5-4-10-23(17)29(26,27)16-11-18(20(25)28-3)22(2)13-16/h6-9,11,13,17H,4-5,10,12H2,1-3H3,(H,21,24)/t17-/m1/s1. The fourth-order valence-electron chi connectivity index (χ4n) is 3.42. The Kier molecular flexibility index (Phi) is 6.09. The van der Waals surface area contributed by atoms with Crippen molar-refractivity contribution in [2.24, 2.45) is 7.05 Å². The lowest BCUT2D eigenvalue weighted by atomic mass is 10.1. The fraction of sp³-hybridized carbons (Fsp3) is 0.400. The normalized spacial score (nSPS) is 17.3. The number of sulfonamides is 1. The van der Waals surface area contributed by atoms with Gasteiger partial charge in [-0.3, -0.25) is 4.79 Å². The maximum atomic E-state index is 13.1. The Morgan fingerprint density at radius 1 is 1.24 bits per heavy atom. The van der Waals surface area contributed by atoms with Gasteiger partial charge < -0.3 is 14.6 Å². The molecule has 9 heteroatoms. The number of aryl methyl sites for hydroxylation is 2. The van der Waals surface area contributed by atoms with Crippen molar-refractivity contribution in [3.8, 4) is 0 Å². The van der Waals surface area contributed by atoms with E-state index in [-0.39, 0.29) is 23.0 Å². The first-order valence-electron chi connectivity index (χ1n) is 9.34. The lowest BCUT2D eigenvalue weighted by Gasteiger charge is -2.23. The van der Waals surface area contributed by atoms with Crippen molar-refractivity contribution >= 4 is 21.9 Å². The highest BCUT2D eigenvalue weighted by molar-refractivity contribution is 7.89. The maximum Gasteiger partial charge on any atom is 0.354 e. The predicted octanol–water partition coefficient (Wildman–Crippen LogP) is 1.59. The largest absolute Gasteiger partial charge is 0.464 e. The minimum Gasteiger partial charge on any atom is -0.464 e. The summed E-state index contributed by atoms with van der Waals surface area (Å²) in [6.07, 6.45) is 2.41. The molecule has 3 rings (SSSR count). The number of carbonyl (C=O) groups excluding carboxylic acids is 2. The van der Waals surface area contributed by atoms with Crippen molar-refractivity contribution in [2.75, 3.05) is 13.7 Å². The number of nitrogens with one attached hydrogen (secondary N) is 1. The van der Waals surface area contributed by atoms with Gasteiger partial charge in [-0.1, -0.05) is 29.8 Å². The van der Waals surface area contributed by atoms with Gasteiger partial charge in [0, 0.05) is 26.3 Å². The molecule has 29 heavy (non-hydrogen) atoms. The molecule has 2 heterocycles. The number of rotatable bonds is 6. The van der Waals surface area contributed by atoms with Gasteiger partial charge in [-0.25, -0.2) is 13.2 Å². The van der Waals surface area contributed by atoms with Gasteiger partial charge >= 0.3 is 5.97 Å². The van der Waals surface area contributed by atoms with Crippen LogP contribution in [0.5, 0.6) is 0 Å². The van der Waals surface area contributed by atoms with Gasteiger partial charge in [-0.15, -0.1) is 0 Å². The average molecular weight is 420 g/mol. The number of methoxy groups -OCH3 is 1. The molecule has 1 saturated heterocycles. The number of carbonyl (C=O) groups is 2. The monoisotopic (exact) mass is 419 g/mol. The van der Waals surface area contributed by atoms with Gasteiger partial charge in [0.25, 0.3) is 0 Å². The Morgan fingerprint density at radius 3 is 2.59 bits per heavy atom. The molecule has 0 radical (unpaired) electrons. The average Bonchev–Trinajstić information content (AvgIpc) is 3.34. The van der Waals surface area contributed by atoms with Crippen LogP contribution >= 0.6 is 0 Å². The first kappa shape index (κ1) is 21.1. The summed E-state index contributed by atoms with van der Waals surface area (Å²) >= 11 is 0. The number of hydrogen-bond donors (Lipinski definition) is 1. The third-order valence-corrected chi connectivity index (χ3v) is 6.95. The van der Waals surface area contributed by atoms with Crippen molar-refractivity contribution in [3.05, 3.63) is 53.3 Å². The van der Waals surface area contributed by atoms with Crippen LogP contribution in [0.1, 0.15) is 34.5 Å². The van der Waals surface area contributed by atoms with Gasteiger partial charge in [0.05, 0.1) is 7.11 Å². The van der Waals surface area contributed by atoms with Crippen LogP contribution in [0.15, 0.2) is 41.4 Å². The van der Waals surface area contributed by atoms with Gasteiger partial charge in [0.15, 0.2) is 0 Å². The van der Waals surface area contributed by atoms with Crippen molar-refractivity contribution in [2.45, 2.75) is 37.2 Å². The Balaban J connectivity index is 1.76. The Labute approximate surface area is 170 Å². The van der Waals surface area contributed by atoms with Gasteiger partial charge in [0.2, 0.25) is 15.9 Å². The van der Waals surface area contributed by atoms with Gasteiger partial charge in [-0.2, -0.15) is 4.31 Å². The molecule has 0 bridgehead atoms. The molecule has 0 aliphatic carbocycles. The third-order valence-electron chi connectivity index (χ3n) is 5.07. The van der Waals surface area contributed by atoms with E-state index < -0.39 is 22.0 Å². The van der Waals surface area contributed by atoms with E-state index in [4.69, 9.17) is 0 Å². The molecule has 156 valence electrons. The van der Waals surface area contributed by atoms with Crippen LogP contribution in [0.2, 0.25) is 0 Å². The molecule has 2 aromatic rings. The highest BCUT2D eigenvalue weighted by Gasteiger charge is 2.40. The third kappa shape index (κ3) is 4.35. The quantitative estimate of drug-likeness (QED) is 0.717. The Morgan fingerprint density at radius 2 is 1.93 bits per heavy atom. The number of ether oxygens (including phenoxy) is 1. The molecule has 1 aliphatic rings. The summed E-state index contributed by atoms with van der Waals surface area (Å²) in [5.41, 5.74) is 2.20. The first-order valence-corrected chi connectivity index (χ1v) is 10.8. The summed E-state index contributed by atoms with van der Waals surface area (Å²) in [4.78, 5) is 24.5.